The third-order valence-corrected chi connectivity index (χ3v) is 2.70. The topological polar surface area (TPSA) is 35.5 Å². The standard InChI is InChI=1S/C16H24O3/c1-16(2,3)19-12-13-7-9-14(10-8-13)15(17)6-5-11-18-4/h7-10H,5-6,11-12H2,1-4H3. The summed E-state index contributed by atoms with van der Waals surface area (Å²) in [6.45, 7) is 7.28. The fourth-order valence-electron chi connectivity index (χ4n) is 1.61. The molecule has 1 rings (SSSR count). The average Bonchev–Trinajstić information content (AvgIpc) is 2.36. The zero-order chi connectivity index (χ0) is 14.3. The lowest BCUT2D eigenvalue weighted by Crippen LogP contribution is -2.18. The lowest BCUT2D eigenvalue weighted by atomic mass is 10.0. The van der Waals surface area contributed by atoms with Crippen molar-refractivity contribution in [1.29, 1.82) is 0 Å². The van der Waals surface area contributed by atoms with Crippen molar-refractivity contribution < 1.29 is 14.3 Å². The van der Waals surface area contributed by atoms with Crippen LogP contribution in [0.1, 0.15) is 49.5 Å². The van der Waals surface area contributed by atoms with Gasteiger partial charge in [-0.25, -0.2) is 0 Å². The van der Waals surface area contributed by atoms with Gasteiger partial charge in [0.05, 0.1) is 12.2 Å². The van der Waals surface area contributed by atoms with Gasteiger partial charge >= 0.3 is 0 Å². The van der Waals surface area contributed by atoms with Gasteiger partial charge in [0.15, 0.2) is 5.78 Å². The maximum absolute atomic E-state index is 11.9. The molecule has 0 aliphatic heterocycles. The van der Waals surface area contributed by atoms with E-state index < -0.39 is 0 Å². The average molecular weight is 264 g/mol. The normalized spacial score (nSPS) is 11.6. The molecule has 3 nitrogen and oxygen atoms in total. The first-order valence-electron chi connectivity index (χ1n) is 6.67. The van der Waals surface area contributed by atoms with E-state index in [1.807, 2.05) is 45.0 Å². The number of benzene rings is 1. The van der Waals surface area contributed by atoms with E-state index >= 15 is 0 Å². The van der Waals surface area contributed by atoms with Gasteiger partial charge in [-0.1, -0.05) is 24.3 Å². The molecule has 0 fully saturated rings. The Morgan fingerprint density at radius 1 is 1.16 bits per heavy atom. The Balaban J connectivity index is 2.49. The molecule has 0 amide bonds. The predicted octanol–water partition coefficient (Wildman–Crippen LogP) is 3.61. The number of Topliss-reactive ketones (excluding diaryl/α,β-unsaturated/α-hetero) is 1. The number of carbonyl (C=O) groups is 1. The fraction of sp³-hybridized carbons (Fsp3) is 0.562. The first-order valence-corrected chi connectivity index (χ1v) is 6.67. The van der Waals surface area contributed by atoms with Gasteiger partial charge in [0.25, 0.3) is 0 Å². The van der Waals surface area contributed by atoms with E-state index in [0.29, 0.717) is 19.6 Å². The predicted molar refractivity (Wildman–Crippen MR) is 76.4 cm³/mol. The van der Waals surface area contributed by atoms with E-state index in [2.05, 4.69) is 0 Å². The van der Waals surface area contributed by atoms with Gasteiger partial charge in [-0.2, -0.15) is 0 Å². The van der Waals surface area contributed by atoms with Crippen LogP contribution >= 0.6 is 0 Å². The number of ketones is 1. The van der Waals surface area contributed by atoms with Gasteiger partial charge in [-0.15, -0.1) is 0 Å². The molecule has 0 bridgehead atoms. The Kier molecular flexibility index (Phi) is 6.19. The third kappa shape index (κ3) is 6.50. The van der Waals surface area contributed by atoms with E-state index in [9.17, 15) is 4.79 Å². The van der Waals surface area contributed by atoms with Crippen LogP contribution in [0, 0.1) is 0 Å². The van der Waals surface area contributed by atoms with Crippen molar-refractivity contribution in [3.05, 3.63) is 35.4 Å². The highest BCUT2D eigenvalue weighted by atomic mass is 16.5. The SMILES string of the molecule is COCCCC(=O)c1ccc(COC(C)(C)C)cc1. The molecule has 0 aliphatic carbocycles. The molecule has 3 heteroatoms. The lowest BCUT2D eigenvalue weighted by Gasteiger charge is -2.19. The molecule has 0 spiro atoms. The highest BCUT2D eigenvalue weighted by Gasteiger charge is 2.10. The van der Waals surface area contributed by atoms with Crippen LogP contribution in [-0.4, -0.2) is 25.1 Å². The van der Waals surface area contributed by atoms with Crippen molar-refractivity contribution in [2.75, 3.05) is 13.7 Å². The molecule has 0 radical (unpaired) electrons. The monoisotopic (exact) mass is 264 g/mol. The summed E-state index contributed by atoms with van der Waals surface area (Å²) >= 11 is 0. The van der Waals surface area contributed by atoms with Crippen molar-refractivity contribution >= 4 is 5.78 Å². The lowest BCUT2D eigenvalue weighted by molar-refractivity contribution is -0.0149. The summed E-state index contributed by atoms with van der Waals surface area (Å²) in [6, 6.07) is 7.65. The zero-order valence-electron chi connectivity index (χ0n) is 12.4. The molecule has 0 aliphatic rings. The van der Waals surface area contributed by atoms with Crippen LogP contribution in [0.25, 0.3) is 0 Å². The second-order valence-electron chi connectivity index (χ2n) is 5.62. The van der Waals surface area contributed by atoms with Crippen molar-refractivity contribution in [2.45, 2.75) is 45.8 Å². The number of rotatable bonds is 7. The third-order valence-electron chi connectivity index (χ3n) is 2.70. The minimum Gasteiger partial charge on any atom is -0.385 e. The van der Waals surface area contributed by atoms with Crippen LogP contribution in [0.3, 0.4) is 0 Å². The van der Waals surface area contributed by atoms with Crippen LogP contribution in [0.5, 0.6) is 0 Å². The molecular weight excluding hydrogens is 240 g/mol. The summed E-state index contributed by atoms with van der Waals surface area (Å²) < 4.78 is 10.6. The summed E-state index contributed by atoms with van der Waals surface area (Å²) in [5.41, 5.74) is 1.70. The summed E-state index contributed by atoms with van der Waals surface area (Å²) in [4.78, 5) is 11.9. The van der Waals surface area contributed by atoms with E-state index in [4.69, 9.17) is 9.47 Å². The van der Waals surface area contributed by atoms with Crippen LogP contribution in [0.15, 0.2) is 24.3 Å². The molecule has 0 heterocycles. The van der Waals surface area contributed by atoms with Gasteiger partial charge < -0.3 is 9.47 Å². The molecule has 0 saturated heterocycles. The second kappa shape index (κ2) is 7.41. The first kappa shape index (κ1) is 15.9. The van der Waals surface area contributed by atoms with Crippen molar-refractivity contribution in [1.82, 2.24) is 0 Å². The summed E-state index contributed by atoms with van der Waals surface area (Å²) in [6.07, 6.45) is 1.30. The number of hydrogen-bond acceptors (Lipinski definition) is 3. The Morgan fingerprint density at radius 3 is 2.32 bits per heavy atom. The Labute approximate surface area is 115 Å². The van der Waals surface area contributed by atoms with Crippen LogP contribution < -0.4 is 0 Å². The molecular formula is C16H24O3. The maximum Gasteiger partial charge on any atom is 0.162 e. The minimum absolute atomic E-state index is 0.144. The van der Waals surface area contributed by atoms with Gasteiger partial charge in [-0.3, -0.25) is 4.79 Å². The smallest absolute Gasteiger partial charge is 0.162 e. The highest BCUT2D eigenvalue weighted by Crippen LogP contribution is 2.13. The minimum atomic E-state index is -0.144. The van der Waals surface area contributed by atoms with Gasteiger partial charge in [0, 0.05) is 25.7 Å². The molecule has 0 atom stereocenters. The molecule has 19 heavy (non-hydrogen) atoms. The van der Waals surface area contributed by atoms with Gasteiger partial charge in [0.2, 0.25) is 0 Å². The van der Waals surface area contributed by atoms with Crippen LogP contribution in [0.4, 0.5) is 0 Å². The quantitative estimate of drug-likeness (QED) is 0.557. The zero-order valence-corrected chi connectivity index (χ0v) is 12.4. The van der Waals surface area contributed by atoms with E-state index in [-0.39, 0.29) is 11.4 Å². The summed E-state index contributed by atoms with van der Waals surface area (Å²) in [7, 11) is 1.65. The van der Waals surface area contributed by atoms with E-state index in [1.165, 1.54) is 0 Å². The Bertz CT molecular complexity index is 387. The molecule has 0 N–H and O–H groups in total. The highest BCUT2D eigenvalue weighted by molar-refractivity contribution is 5.96. The number of methoxy groups -OCH3 is 1. The molecule has 1 aromatic carbocycles. The van der Waals surface area contributed by atoms with Gasteiger partial charge in [-0.05, 0) is 32.8 Å². The fourth-order valence-corrected chi connectivity index (χ4v) is 1.61. The van der Waals surface area contributed by atoms with Crippen molar-refractivity contribution in [2.24, 2.45) is 0 Å². The largest absolute Gasteiger partial charge is 0.385 e. The molecule has 0 aromatic heterocycles. The molecule has 0 saturated carbocycles. The van der Waals surface area contributed by atoms with Crippen molar-refractivity contribution in [3.8, 4) is 0 Å². The van der Waals surface area contributed by atoms with Crippen LogP contribution in [-0.2, 0) is 16.1 Å². The number of carbonyl (C=O) groups excluding carboxylic acids is 1. The molecule has 0 unspecified atom stereocenters. The maximum atomic E-state index is 11.9. The Hall–Kier alpha value is -1.19. The summed E-state index contributed by atoms with van der Waals surface area (Å²) in [5, 5.41) is 0. The van der Waals surface area contributed by atoms with Crippen molar-refractivity contribution in [3.63, 3.8) is 0 Å². The number of ether oxygens (including phenoxy) is 2. The molecule has 106 valence electrons. The first-order chi connectivity index (χ1) is 8.92. The Morgan fingerprint density at radius 2 is 1.79 bits per heavy atom. The van der Waals surface area contributed by atoms with Gasteiger partial charge in [0.1, 0.15) is 0 Å². The van der Waals surface area contributed by atoms with Crippen LogP contribution in [0.2, 0.25) is 0 Å². The molecule has 1 aromatic rings. The van der Waals surface area contributed by atoms with E-state index in [0.717, 1.165) is 17.5 Å². The van der Waals surface area contributed by atoms with E-state index in [1.54, 1.807) is 7.11 Å². The summed E-state index contributed by atoms with van der Waals surface area (Å²) in [5.74, 6) is 0.167. The second-order valence-corrected chi connectivity index (χ2v) is 5.62. The number of hydrogen-bond donors (Lipinski definition) is 0.